The van der Waals surface area contributed by atoms with E-state index >= 15 is 0 Å². The zero-order chi connectivity index (χ0) is 14.4. The molecule has 5 heteroatoms. The Labute approximate surface area is 122 Å². The van der Waals surface area contributed by atoms with E-state index in [1.165, 1.54) is 0 Å². The molecule has 1 aromatic carbocycles. The summed E-state index contributed by atoms with van der Waals surface area (Å²) in [5, 5.41) is 12.5. The molecule has 1 atom stereocenters. The van der Waals surface area contributed by atoms with Crippen LogP contribution in [0.15, 0.2) is 22.7 Å². The molecule has 19 heavy (non-hydrogen) atoms. The number of aliphatic hydroxyl groups excluding tert-OH is 1. The monoisotopic (exact) mass is 328 g/mol. The third-order valence-electron chi connectivity index (χ3n) is 2.89. The van der Waals surface area contributed by atoms with Crippen LogP contribution in [0.1, 0.15) is 31.9 Å². The van der Waals surface area contributed by atoms with Gasteiger partial charge >= 0.3 is 0 Å². The molecule has 0 spiro atoms. The highest BCUT2D eigenvalue weighted by Crippen LogP contribution is 2.29. The number of carbonyl (C=O) groups is 1. The van der Waals surface area contributed by atoms with E-state index in [-0.39, 0.29) is 5.91 Å². The molecule has 0 aromatic heterocycles. The highest BCUT2D eigenvalue weighted by molar-refractivity contribution is 9.10. The highest BCUT2D eigenvalue weighted by atomic mass is 79.9. The Bertz CT molecular complexity index is 435. The van der Waals surface area contributed by atoms with Gasteiger partial charge in [0.05, 0.1) is 12.6 Å². The topological polar surface area (TPSA) is 52.6 Å². The Hall–Kier alpha value is -1.07. The first-order valence-corrected chi connectivity index (χ1v) is 7.22. The molecule has 2 N–H and O–H groups in total. The minimum absolute atomic E-state index is 0.0371. The Balaban J connectivity index is 3.12. The molecule has 0 aliphatic carbocycles. The molecule has 0 saturated carbocycles. The summed E-state index contributed by atoms with van der Waals surface area (Å²) >= 11 is 3.44. The van der Waals surface area contributed by atoms with E-state index in [1.807, 2.05) is 23.1 Å². The average Bonchev–Trinajstić information content (AvgIpc) is 2.37. The minimum Gasteiger partial charge on any atom is -0.389 e. The van der Waals surface area contributed by atoms with E-state index in [1.54, 1.807) is 14.0 Å². The van der Waals surface area contributed by atoms with Crippen molar-refractivity contribution < 1.29 is 9.90 Å². The van der Waals surface area contributed by atoms with Gasteiger partial charge in [0.1, 0.15) is 0 Å². The number of hydrogen-bond acceptors (Lipinski definition) is 3. The molecule has 1 aromatic rings. The third-order valence-corrected chi connectivity index (χ3v) is 3.38. The standard InChI is InChI=1S/C14H21BrN2O2/c1-4-7-17(9-14(19)16-3)13-8-11(15)5-6-12(13)10(2)18/h5-6,8,10,18H,4,7,9H2,1-3H3,(H,16,19). The Morgan fingerprint density at radius 3 is 2.74 bits per heavy atom. The normalized spacial score (nSPS) is 12.1. The molecule has 0 fully saturated rings. The van der Waals surface area contributed by atoms with Gasteiger partial charge < -0.3 is 15.3 Å². The fourth-order valence-corrected chi connectivity index (χ4v) is 2.30. The summed E-state index contributed by atoms with van der Waals surface area (Å²) in [5.41, 5.74) is 1.73. The molecule has 0 aliphatic heterocycles. The van der Waals surface area contributed by atoms with Gasteiger partial charge in [-0.05, 0) is 25.5 Å². The molecule has 0 saturated heterocycles. The number of aliphatic hydroxyl groups is 1. The molecule has 1 unspecified atom stereocenters. The van der Waals surface area contributed by atoms with Crippen molar-refractivity contribution in [3.63, 3.8) is 0 Å². The zero-order valence-corrected chi connectivity index (χ0v) is 13.2. The van der Waals surface area contributed by atoms with Crippen molar-refractivity contribution in [3.8, 4) is 0 Å². The Morgan fingerprint density at radius 1 is 1.53 bits per heavy atom. The lowest BCUT2D eigenvalue weighted by Crippen LogP contribution is -2.36. The predicted molar refractivity (Wildman–Crippen MR) is 81.3 cm³/mol. The second-order valence-electron chi connectivity index (χ2n) is 4.47. The number of benzene rings is 1. The quantitative estimate of drug-likeness (QED) is 0.843. The van der Waals surface area contributed by atoms with Gasteiger partial charge in [0.25, 0.3) is 0 Å². The lowest BCUT2D eigenvalue weighted by Gasteiger charge is -2.27. The second kappa shape index (κ2) is 7.50. The van der Waals surface area contributed by atoms with Gasteiger partial charge in [0.2, 0.25) is 5.91 Å². The number of hydrogen-bond donors (Lipinski definition) is 2. The highest BCUT2D eigenvalue weighted by Gasteiger charge is 2.16. The number of anilines is 1. The molecule has 1 amide bonds. The number of amides is 1. The van der Waals surface area contributed by atoms with Gasteiger partial charge in [-0.2, -0.15) is 0 Å². The number of likely N-dealkylation sites (N-methyl/N-ethyl adjacent to an activating group) is 1. The fraction of sp³-hybridized carbons (Fsp3) is 0.500. The van der Waals surface area contributed by atoms with Crippen LogP contribution in [-0.4, -0.2) is 31.2 Å². The lowest BCUT2D eigenvalue weighted by molar-refractivity contribution is -0.119. The maximum absolute atomic E-state index is 11.6. The Kier molecular flexibility index (Phi) is 6.31. The summed E-state index contributed by atoms with van der Waals surface area (Å²) in [6.07, 6.45) is 0.370. The summed E-state index contributed by atoms with van der Waals surface area (Å²) in [5.74, 6) is -0.0371. The molecule has 0 aliphatic rings. The third kappa shape index (κ3) is 4.51. The van der Waals surface area contributed by atoms with Gasteiger partial charge in [-0.25, -0.2) is 0 Å². The smallest absolute Gasteiger partial charge is 0.239 e. The van der Waals surface area contributed by atoms with Gasteiger partial charge in [-0.15, -0.1) is 0 Å². The number of rotatable bonds is 6. The molecule has 1 rings (SSSR count). The van der Waals surface area contributed by atoms with Crippen LogP contribution >= 0.6 is 15.9 Å². The maximum atomic E-state index is 11.6. The van der Waals surface area contributed by atoms with Crippen molar-refractivity contribution >= 4 is 27.5 Å². The summed E-state index contributed by atoms with van der Waals surface area (Å²) in [7, 11) is 1.63. The Morgan fingerprint density at radius 2 is 2.21 bits per heavy atom. The summed E-state index contributed by atoms with van der Waals surface area (Å²) in [6.45, 7) is 4.86. The zero-order valence-electron chi connectivity index (χ0n) is 11.6. The first-order valence-electron chi connectivity index (χ1n) is 6.42. The van der Waals surface area contributed by atoms with Gasteiger partial charge in [0, 0.05) is 29.3 Å². The van der Waals surface area contributed by atoms with Gasteiger partial charge in [0.15, 0.2) is 0 Å². The van der Waals surface area contributed by atoms with E-state index in [9.17, 15) is 9.90 Å². The molecule has 4 nitrogen and oxygen atoms in total. The van der Waals surface area contributed by atoms with Crippen LogP contribution < -0.4 is 10.2 Å². The molecular weight excluding hydrogens is 308 g/mol. The summed E-state index contributed by atoms with van der Waals surface area (Å²) in [4.78, 5) is 13.6. The molecule has 0 radical (unpaired) electrons. The van der Waals surface area contributed by atoms with E-state index in [0.717, 1.165) is 28.7 Å². The van der Waals surface area contributed by atoms with Gasteiger partial charge in [-0.1, -0.05) is 28.9 Å². The van der Waals surface area contributed by atoms with Crippen LogP contribution in [0.2, 0.25) is 0 Å². The van der Waals surface area contributed by atoms with Gasteiger partial charge in [-0.3, -0.25) is 4.79 Å². The van der Waals surface area contributed by atoms with Crippen LogP contribution in [0, 0.1) is 0 Å². The first kappa shape index (κ1) is 16.0. The fourth-order valence-electron chi connectivity index (χ4n) is 1.95. The maximum Gasteiger partial charge on any atom is 0.239 e. The van der Waals surface area contributed by atoms with Crippen LogP contribution in [0.4, 0.5) is 5.69 Å². The summed E-state index contributed by atoms with van der Waals surface area (Å²) < 4.78 is 0.935. The molecule has 0 bridgehead atoms. The van der Waals surface area contributed by atoms with Crippen LogP contribution in [0.5, 0.6) is 0 Å². The van der Waals surface area contributed by atoms with Crippen LogP contribution in [0.25, 0.3) is 0 Å². The largest absolute Gasteiger partial charge is 0.389 e. The lowest BCUT2D eigenvalue weighted by atomic mass is 10.1. The SMILES string of the molecule is CCCN(CC(=O)NC)c1cc(Br)ccc1C(C)O. The molecule has 0 heterocycles. The van der Waals surface area contributed by atoms with Crippen LogP contribution in [0.3, 0.4) is 0 Å². The van der Waals surface area contributed by atoms with Crippen molar-refractivity contribution in [2.24, 2.45) is 0 Å². The van der Waals surface area contributed by atoms with Crippen molar-refractivity contribution in [1.29, 1.82) is 0 Å². The number of nitrogens with one attached hydrogen (secondary N) is 1. The van der Waals surface area contributed by atoms with E-state index in [2.05, 4.69) is 28.2 Å². The van der Waals surface area contributed by atoms with E-state index in [0.29, 0.717) is 6.54 Å². The molecular formula is C14H21BrN2O2. The summed E-state index contributed by atoms with van der Waals surface area (Å²) in [6, 6.07) is 5.73. The molecule has 106 valence electrons. The van der Waals surface area contributed by atoms with Crippen molar-refractivity contribution in [3.05, 3.63) is 28.2 Å². The van der Waals surface area contributed by atoms with Crippen molar-refractivity contribution in [2.75, 3.05) is 25.0 Å². The van der Waals surface area contributed by atoms with Crippen molar-refractivity contribution in [2.45, 2.75) is 26.4 Å². The number of carbonyl (C=O) groups excluding carboxylic acids is 1. The second-order valence-corrected chi connectivity index (χ2v) is 5.39. The van der Waals surface area contributed by atoms with Crippen LogP contribution in [-0.2, 0) is 4.79 Å². The number of halogens is 1. The van der Waals surface area contributed by atoms with E-state index < -0.39 is 6.10 Å². The minimum atomic E-state index is -0.563. The van der Waals surface area contributed by atoms with E-state index in [4.69, 9.17) is 0 Å². The predicted octanol–water partition coefficient (Wildman–Crippen LogP) is 2.46. The van der Waals surface area contributed by atoms with Crippen molar-refractivity contribution in [1.82, 2.24) is 5.32 Å². The number of nitrogens with zero attached hydrogens (tertiary/aromatic N) is 1. The average molecular weight is 329 g/mol. The first-order chi connectivity index (χ1) is 8.99.